The van der Waals surface area contributed by atoms with Crippen molar-refractivity contribution in [1.29, 1.82) is 0 Å². The Hall–Kier alpha value is -1.68. The Morgan fingerprint density at radius 1 is 1.41 bits per heavy atom. The van der Waals surface area contributed by atoms with Gasteiger partial charge in [0.2, 0.25) is 5.91 Å². The third kappa shape index (κ3) is 5.82. The zero-order chi connectivity index (χ0) is 12.5. The normalized spacial score (nSPS) is 10.7. The maximum absolute atomic E-state index is 12.8. The van der Waals surface area contributed by atoms with E-state index < -0.39 is 0 Å². The predicted molar refractivity (Wildman–Crippen MR) is 64.8 cm³/mol. The van der Waals surface area contributed by atoms with E-state index in [-0.39, 0.29) is 18.3 Å². The molecule has 3 nitrogen and oxygen atoms in total. The van der Waals surface area contributed by atoms with Gasteiger partial charge in [0.1, 0.15) is 5.82 Å². The van der Waals surface area contributed by atoms with Crippen LogP contribution in [0.4, 0.5) is 4.39 Å². The molecule has 1 aromatic rings. The molecule has 92 valence electrons. The van der Waals surface area contributed by atoms with Crippen molar-refractivity contribution in [2.45, 2.75) is 12.8 Å². The highest BCUT2D eigenvalue weighted by molar-refractivity contribution is 5.91. The van der Waals surface area contributed by atoms with E-state index in [1.807, 2.05) is 0 Å². The van der Waals surface area contributed by atoms with Crippen molar-refractivity contribution in [2.75, 3.05) is 13.2 Å². The van der Waals surface area contributed by atoms with Crippen molar-refractivity contribution in [2.24, 2.45) is 0 Å². The van der Waals surface area contributed by atoms with Crippen LogP contribution in [-0.4, -0.2) is 24.2 Å². The fourth-order valence-electron chi connectivity index (χ4n) is 1.29. The first-order valence-electron chi connectivity index (χ1n) is 5.54. The summed E-state index contributed by atoms with van der Waals surface area (Å²) in [5, 5.41) is 11.2. The number of nitrogens with one attached hydrogen (secondary N) is 1. The summed E-state index contributed by atoms with van der Waals surface area (Å²) in [7, 11) is 0. The summed E-state index contributed by atoms with van der Waals surface area (Å²) in [5.41, 5.74) is 0.649. The second-order valence-corrected chi connectivity index (χ2v) is 3.61. The van der Waals surface area contributed by atoms with Crippen LogP contribution in [0.1, 0.15) is 18.4 Å². The van der Waals surface area contributed by atoms with Gasteiger partial charge in [-0.15, -0.1) is 0 Å². The highest BCUT2D eigenvalue weighted by Gasteiger charge is 1.95. The van der Waals surface area contributed by atoms with Gasteiger partial charge in [-0.3, -0.25) is 4.79 Å². The van der Waals surface area contributed by atoms with Crippen LogP contribution in [0.3, 0.4) is 0 Å². The SMILES string of the molecule is O=C(/C=C/c1cccc(F)c1)NCCCCO. The van der Waals surface area contributed by atoms with E-state index in [2.05, 4.69) is 5.32 Å². The van der Waals surface area contributed by atoms with Crippen LogP contribution in [0.15, 0.2) is 30.3 Å². The van der Waals surface area contributed by atoms with Gasteiger partial charge in [-0.05, 0) is 36.6 Å². The number of carbonyl (C=O) groups is 1. The highest BCUT2D eigenvalue weighted by Crippen LogP contribution is 2.04. The number of amides is 1. The van der Waals surface area contributed by atoms with Gasteiger partial charge in [-0.2, -0.15) is 0 Å². The molecule has 0 saturated carbocycles. The molecule has 0 aromatic heterocycles. The molecule has 0 bridgehead atoms. The molecule has 1 rings (SSSR count). The number of benzene rings is 1. The van der Waals surface area contributed by atoms with Crippen LogP contribution in [-0.2, 0) is 4.79 Å². The van der Waals surface area contributed by atoms with Crippen molar-refractivity contribution in [3.63, 3.8) is 0 Å². The van der Waals surface area contributed by atoms with Gasteiger partial charge in [-0.25, -0.2) is 4.39 Å². The monoisotopic (exact) mass is 237 g/mol. The lowest BCUT2D eigenvalue weighted by Crippen LogP contribution is -2.22. The molecule has 0 saturated heterocycles. The molecule has 0 aliphatic heterocycles. The molecule has 4 heteroatoms. The molecule has 0 fully saturated rings. The fraction of sp³-hybridized carbons (Fsp3) is 0.308. The van der Waals surface area contributed by atoms with E-state index in [4.69, 9.17) is 5.11 Å². The van der Waals surface area contributed by atoms with Gasteiger partial charge in [0, 0.05) is 19.2 Å². The van der Waals surface area contributed by atoms with Crippen molar-refractivity contribution in [1.82, 2.24) is 5.32 Å². The summed E-state index contributed by atoms with van der Waals surface area (Å²) in [6.07, 6.45) is 4.35. The van der Waals surface area contributed by atoms with Crippen LogP contribution in [0.2, 0.25) is 0 Å². The molecule has 1 amide bonds. The minimum Gasteiger partial charge on any atom is -0.396 e. The lowest BCUT2D eigenvalue weighted by Gasteiger charge is -2.00. The van der Waals surface area contributed by atoms with E-state index in [1.165, 1.54) is 18.2 Å². The number of rotatable bonds is 6. The quantitative estimate of drug-likeness (QED) is 0.584. The maximum Gasteiger partial charge on any atom is 0.243 e. The van der Waals surface area contributed by atoms with E-state index in [0.717, 1.165) is 6.42 Å². The van der Waals surface area contributed by atoms with Gasteiger partial charge in [0.15, 0.2) is 0 Å². The van der Waals surface area contributed by atoms with Gasteiger partial charge < -0.3 is 10.4 Å². The third-order valence-electron chi connectivity index (χ3n) is 2.16. The van der Waals surface area contributed by atoms with E-state index in [0.29, 0.717) is 18.5 Å². The minimum atomic E-state index is -0.324. The third-order valence-corrected chi connectivity index (χ3v) is 2.16. The Balaban J connectivity index is 2.35. The number of hydrogen-bond donors (Lipinski definition) is 2. The number of aliphatic hydroxyl groups excluding tert-OH is 1. The lowest BCUT2D eigenvalue weighted by atomic mass is 10.2. The first kappa shape index (κ1) is 13.4. The lowest BCUT2D eigenvalue weighted by molar-refractivity contribution is -0.116. The summed E-state index contributed by atoms with van der Waals surface area (Å²) in [6.45, 7) is 0.669. The second kappa shape index (κ2) is 7.57. The summed E-state index contributed by atoms with van der Waals surface area (Å²) in [6, 6.07) is 6.02. The van der Waals surface area contributed by atoms with Crippen LogP contribution in [0, 0.1) is 5.82 Å². The van der Waals surface area contributed by atoms with Crippen LogP contribution < -0.4 is 5.32 Å². The molecular formula is C13H16FNO2. The molecule has 0 spiro atoms. The first-order chi connectivity index (χ1) is 8.22. The van der Waals surface area contributed by atoms with Crippen LogP contribution in [0.5, 0.6) is 0 Å². The zero-order valence-electron chi connectivity index (χ0n) is 9.53. The Kier molecular flexibility index (Phi) is 5.96. The molecule has 17 heavy (non-hydrogen) atoms. The fourth-order valence-corrected chi connectivity index (χ4v) is 1.29. The predicted octanol–water partition coefficient (Wildman–Crippen LogP) is 1.73. The summed E-state index contributed by atoms with van der Waals surface area (Å²) in [4.78, 5) is 11.3. The summed E-state index contributed by atoms with van der Waals surface area (Å²) in [5.74, 6) is -0.539. The van der Waals surface area contributed by atoms with E-state index in [9.17, 15) is 9.18 Å². The number of aliphatic hydroxyl groups is 1. The molecule has 0 aliphatic carbocycles. The molecular weight excluding hydrogens is 221 g/mol. The largest absolute Gasteiger partial charge is 0.396 e. The molecule has 0 heterocycles. The Labute approximate surface area is 100.0 Å². The molecule has 2 N–H and O–H groups in total. The molecule has 1 aromatic carbocycles. The van der Waals surface area contributed by atoms with E-state index in [1.54, 1.807) is 18.2 Å². The summed E-state index contributed by atoms with van der Waals surface area (Å²) >= 11 is 0. The molecule has 0 unspecified atom stereocenters. The van der Waals surface area contributed by atoms with Gasteiger partial charge in [0.05, 0.1) is 0 Å². The van der Waals surface area contributed by atoms with Crippen molar-refractivity contribution >= 4 is 12.0 Å². The second-order valence-electron chi connectivity index (χ2n) is 3.61. The Bertz CT molecular complexity index is 391. The number of carbonyl (C=O) groups excluding carboxylic acids is 1. The smallest absolute Gasteiger partial charge is 0.243 e. The first-order valence-corrected chi connectivity index (χ1v) is 5.54. The summed E-state index contributed by atoms with van der Waals surface area (Å²) < 4.78 is 12.8. The number of unbranched alkanes of at least 4 members (excludes halogenated alkanes) is 1. The van der Waals surface area contributed by atoms with Gasteiger partial charge in [-0.1, -0.05) is 12.1 Å². The molecule has 0 radical (unpaired) electrons. The van der Waals surface area contributed by atoms with Gasteiger partial charge in [0.25, 0.3) is 0 Å². The average Bonchev–Trinajstić information content (AvgIpc) is 2.32. The zero-order valence-corrected chi connectivity index (χ0v) is 9.53. The molecule has 0 aliphatic rings. The average molecular weight is 237 g/mol. The van der Waals surface area contributed by atoms with E-state index >= 15 is 0 Å². The highest BCUT2D eigenvalue weighted by atomic mass is 19.1. The van der Waals surface area contributed by atoms with Crippen LogP contribution >= 0.6 is 0 Å². The number of hydrogen-bond acceptors (Lipinski definition) is 2. The number of halogens is 1. The molecule has 0 atom stereocenters. The van der Waals surface area contributed by atoms with Gasteiger partial charge >= 0.3 is 0 Å². The standard InChI is InChI=1S/C13H16FNO2/c14-12-5-3-4-11(10-12)6-7-13(17)15-8-1-2-9-16/h3-7,10,16H,1-2,8-9H2,(H,15,17)/b7-6+. The Morgan fingerprint density at radius 3 is 2.94 bits per heavy atom. The van der Waals surface area contributed by atoms with Crippen LogP contribution in [0.25, 0.3) is 6.08 Å². The van der Waals surface area contributed by atoms with Crippen molar-refractivity contribution < 1.29 is 14.3 Å². The minimum absolute atomic E-state index is 0.134. The van der Waals surface area contributed by atoms with Crippen molar-refractivity contribution in [3.05, 3.63) is 41.7 Å². The maximum atomic E-state index is 12.8. The topological polar surface area (TPSA) is 49.3 Å². The van der Waals surface area contributed by atoms with Crippen molar-refractivity contribution in [3.8, 4) is 0 Å². The Morgan fingerprint density at radius 2 is 2.24 bits per heavy atom.